The molecule has 2 saturated heterocycles. The molecule has 0 aliphatic carbocycles. The van der Waals surface area contributed by atoms with Gasteiger partial charge in [-0.05, 0) is 75.3 Å². The van der Waals surface area contributed by atoms with Crippen molar-refractivity contribution in [1.29, 1.82) is 0 Å². The maximum absolute atomic E-state index is 13.3. The Morgan fingerprint density at radius 3 is 2.48 bits per heavy atom. The van der Waals surface area contributed by atoms with Crippen LogP contribution in [-0.2, 0) is 14.8 Å². The first-order chi connectivity index (χ1) is 15.8. The monoisotopic (exact) mass is 472 g/mol. The lowest BCUT2D eigenvalue weighted by molar-refractivity contribution is -0.120. The van der Waals surface area contributed by atoms with Gasteiger partial charge in [-0.25, -0.2) is 8.42 Å². The number of piperidine rings is 2. The Hall–Kier alpha value is -2.65. The third-order valence-electron chi connectivity index (χ3n) is 6.70. The lowest BCUT2D eigenvalue weighted by Crippen LogP contribution is -2.43. The minimum Gasteiger partial charge on any atom is -0.356 e. The molecule has 178 valence electrons. The number of aryl methyl sites for hydroxylation is 2. The molecule has 0 radical (unpaired) electrons. The highest BCUT2D eigenvalue weighted by Crippen LogP contribution is 2.26. The number of hydrogen-bond donors (Lipinski definition) is 2. The van der Waals surface area contributed by atoms with Crippen LogP contribution in [0, 0.1) is 19.8 Å². The molecule has 3 heterocycles. The van der Waals surface area contributed by atoms with Crippen molar-refractivity contribution in [3.8, 4) is 0 Å². The quantitative estimate of drug-likeness (QED) is 0.697. The van der Waals surface area contributed by atoms with Crippen molar-refractivity contribution in [2.75, 3.05) is 31.5 Å². The summed E-state index contributed by atoms with van der Waals surface area (Å²) in [6.45, 7) is 5.88. The van der Waals surface area contributed by atoms with Crippen molar-refractivity contribution in [3.63, 3.8) is 0 Å². The van der Waals surface area contributed by atoms with E-state index in [9.17, 15) is 18.0 Å². The highest BCUT2D eigenvalue weighted by molar-refractivity contribution is 7.89. The average molecular weight is 473 g/mol. The number of aromatic nitrogens is 1. The van der Waals surface area contributed by atoms with Crippen LogP contribution in [0.5, 0.6) is 0 Å². The van der Waals surface area contributed by atoms with E-state index in [2.05, 4.69) is 10.3 Å². The molecule has 1 aromatic carbocycles. The SMILES string of the molecule is Cc1ccc(NC(=O)C2CCCN(S(=O)(=O)c3c[nH]c(C(=O)N4CCCCC4)c3)C2)cc1C. The lowest BCUT2D eigenvalue weighted by Gasteiger charge is -2.31. The van der Waals surface area contributed by atoms with Gasteiger partial charge in [-0.15, -0.1) is 0 Å². The Labute approximate surface area is 195 Å². The third-order valence-corrected chi connectivity index (χ3v) is 8.54. The van der Waals surface area contributed by atoms with Gasteiger partial charge in [0.05, 0.1) is 5.92 Å². The first-order valence-corrected chi connectivity index (χ1v) is 13.1. The molecular weight excluding hydrogens is 440 g/mol. The largest absolute Gasteiger partial charge is 0.356 e. The Balaban J connectivity index is 1.43. The van der Waals surface area contributed by atoms with Gasteiger partial charge in [0.2, 0.25) is 15.9 Å². The zero-order chi connectivity index (χ0) is 23.6. The van der Waals surface area contributed by atoms with Crippen LogP contribution in [-0.4, -0.2) is 60.6 Å². The smallest absolute Gasteiger partial charge is 0.270 e. The molecule has 4 rings (SSSR count). The molecule has 9 heteroatoms. The number of benzene rings is 1. The summed E-state index contributed by atoms with van der Waals surface area (Å²) in [6.07, 6.45) is 5.67. The third kappa shape index (κ3) is 5.14. The van der Waals surface area contributed by atoms with Gasteiger partial charge in [-0.2, -0.15) is 4.31 Å². The molecule has 1 aromatic heterocycles. The van der Waals surface area contributed by atoms with Gasteiger partial charge < -0.3 is 15.2 Å². The number of amides is 2. The van der Waals surface area contributed by atoms with E-state index in [1.165, 1.54) is 16.6 Å². The summed E-state index contributed by atoms with van der Waals surface area (Å²) in [4.78, 5) is 30.2. The zero-order valence-electron chi connectivity index (χ0n) is 19.3. The second-order valence-corrected chi connectivity index (χ2v) is 11.0. The Morgan fingerprint density at radius 2 is 1.76 bits per heavy atom. The number of likely N-dealkylation sites (tertiary alicyclic amines) is 1. The number of rotatable bonds is 5. The van der Waals surface area contributed by atoms with Gasteiger partial charge >= 0.3 is 0 Å². The summed E-state index contributed by atoms with van der Waals surface area (Å²) < 4.78 is 27.9. The molecule has 2 aliphatic heterocycles. The van der Waals surface area contributed by atoms with Crippen LogP contribution in [0.15, 0.2) is 35.4 Å². The summed E-state index contributed by atoms with van der Waals surface area (Å²) in [5.41, 5.74) is 3.24. The summed E-state index contributed by atoms with van der Waals surface area (Å²) >= 11 is 0. The van der Waals surface area contributed by atoms with Crippen LogP contribution in [0.2, 0.25) is 0 Å². The van der Waals surface area contributed by atoms with Crippen LogP contribution < -0.4 is 5.32 Å². The van der Waals surface area contributed by atoms with E-state index in [0.29, 0.717) is 32.5 Å². The maximum atomic E-state index is 13.3. The molecule has 0 spiro atoms. The van der Waals surface area contributed by atoms with E-state index < -0.39 is 15.9 Å². The molecule has 2 N–H and O–H groups in total. The fraction of sp³-hybridized carbons (Fsp3) is 0.500. The molecule has 8 nitrogen and oxygen atoms in total. The second kappa shape index (κ2) is 9.69. The average Bonchev–Trinajstić information content (AvgIpc) is 3.33. The number of anilines is 1. The molecule has 2 fully saturated rings. The standard InChI is InChI=1S/C24H32N4O4S/c1-17-8-9-20(13-18(17)2)26-23(29)19-7-6-12-28(16-19)33(31,32)21-14-22(25-15-21)24(30)27-10-4-3-5-11-27/h8-9,13-15,19,25H,3-7,10-12,16H2,1-2H3,(H,26,29). The topological polar surface area (TPSA) is 103 Å². The van der Waals surface area contributed by atoms with Gasteiger partial charge in [0, 0.05) is 38.1 Å². The predicted molar refractivity (Wildman–Crippen MR) is 127 cm³/mol. The lowest BCUT2D eigenvalue weighted by atomic mass is 9.98. The highest BCUT2D eigenvalue weighted by Gasteiger charge is 2.34. The number of hydrogen-bond acceptors (Lipinski definition) is 4. The minimum atomic E-state index is -3.81. The summed E-state index contributed by atoms with van der Waals surface area (Å²) in [7, 11) is -3.81. The van der Waals surface area contributed by atoms with Crippen molar-refractivity contribution >= 4 is 27.5 Å². The minimum absolute atomic E-state index is 0.0677. The first kappa shape index (κ1) is 23.5. The normalized spacial score (nSPS) is 19.9. The number of sulfonamides is 1. The van der Waals surface area contributed by atoms with Gasteiger partial charge in [0.25, 0.3) is 5.91 Å². The van der Waals surface area contributed by atoms with Crippen LogP contribution >= 0.6 is 0 Å². The molecule has 2 aromatic rings. The van der Waals surface area contributed by atoms with Crippen molar-refractivity contribution in [2.45, 2.75) is 50.8 Å². The number of H-pyrrole nitrogens is 1. The molecule has 33 heavy (non-hydrogen) atoms. The number of nitrogens with one attached hydrogen (secondary N) is 2. The number of carbonyl (C=O) groups is 2. The summed E-state index contributed by atoms with van der Waals surface area (Å²) in [5, 5.41) is 2.93. The predicted octanol–water partition coefficient (Wildman–Crippen LogP) is 3.30. The molecule has 1 atom stereocenters. The van der Waals surface area contributed by atoms with Gasteiger partial charge in [0.15, 0.2) is 0 Å². The van der Waals surface area contributed by atoms with Gasteiger partial charge in [0.1, 0.15) is 10.6 Å². The van der Waals surface area contributed by atoms with E-state index in [4.69, 9.17) is 0 Å². The fourth-order valence-corrected chi connectivity index (χ4v) is 6.02. The number of carbonyl (C=O) groups excluding carboxylic acids is 2. The molecule has 2 aliphatic rings. The fourth-order valence-electron chi connectivity index (χ4n) is 4.50. The van der Waals surface area contributed by atoms with Crippen LogP contribution in [0.3, 0.4) is 0 Å². The Kier molecular flexibility index (Phi) is 6.90. The second-order valence-electron chi connectivity index (χ2n) is 9.09. The van der Waals surface area contributed by atoms with E-state index in [1.54, 1.807) is 4.90 Å². The number of aromatic amines is 1. The zero-order valence-corrected chi connectivity index (χ0v) is 20.1. The van der Waals surface area contributed by atoms with Crippen LogP contribution in [0.4, 0.5) is 5.69 Å². The Morgan fingerprint density at radius 1 is 1.00 bits per heavy atom. The van der Waals surface area contributed by atoms with Gasteiger partial charge in [-0.1, -0.05) is 6.07 Å². The molecule has 0 bridgehead atoms. The van der Waals surface area contributed by atoms with E-state index >= 15 is 0 Å². The molecule has 1 unspecified atom stereocenters. The Bertz CT molecular complexity index is 1140. The molecule has 2 amide bonds. The molecule has 0 saturated carbocycles. The van der Waals surface area contributed by atoms with E-state index in [0.717, 1.165) is 36.1 Å². The van der Waals surface area contributed by atoms with Crippen LogP contribution in [0.1, 0.15) is 53.7 Å². The first-order valence-electron chi connectivity index (χ1n) is 11.6. The number of nitrogens with zero attached hydrogens (tertiary/aromatic N) is 2. The van der Waals surface area contributed by atoms with Crippen LogP contribution in [0.25, 0.3) is 0 Å². The highest BCUT2D eigenvalue weighted by atomic mass is 32.2. The van der Waals surface area contributed by atoms with Crippen molar-refractivity contribution in [3.05, 3.63) is 47.3 Å². The molecular formula is C24H32N4O4S. The maximum Gasteiger partial charge on any atom is 0.270 e. The van der Waals surface area contributed by atoms with Crippen molar-refractivity contribution in [2.24, 2.45) is 5.92 Å². The van der Waals surface area contributed by atoms with Crippen molar-refractivity contribution < 1.29 is 18.0 Å². The van der Waals surface area contributed by atoms with E-state index in [-0.39, 0.29) is 28.9 Å². The summed E-state index contributed by atoms with van der Waals surface area (Å²) in [6, 6.07) is 7.16. The summed E-state index contributed by atoms with van der Waals surface area (Å²) in [5.74, 6) is -0.767. The van der Waals surface area contributed by atoms with Crippen molar-refractivity contribution in [1.82, 2.24) is 14.2 Å². The van der Waals surface area contributed by atoms with Gasteiger partial charge in [-0.3, -0.25) is 9.59 Å². The van der Waals surface area contributed by atoms with E-state index in [1.807, 2.05) is 32.0 Å².